The zero-order valence-corrected chi connectivity index (χ0v) is 27.2. The number of terminal acetylenes is 6. The minimum atomic E-state index is -3.65. The van der Waals surface area contributed by atoms with E-state index in [4.69, 9.17) is 59.6 Å². The SMILES string of the molecule is C.C#CCN(CC#C)C(=O)CC.C#CCN(CC#C)S(=O)(=O)c1ccc(CCl)cc1.C#CCOc1cc(CC)cc(OCC#C)c1. The number of rotatable bonds is 13. The van der Waals surface area contributed by atoms with E-state index in [0.29, 0.717) is 36.9 Å². The first-order chi connectivity index (χ1) is 21.6. The molecule has 0 saturated heterocycles. The van der Waals surface area contributed by atoms with E-state index in [2.05, 4.69) is 42.4 Å². The second-order valence-electron chi connectivity index (χ2n) is 8.62. The standard InChI is InChI=1S/C14H14O2.C13H12ClNO2S.C9H11NO.CH4/c1-4-7-15-13-9-12(6-3)10-14(11-13)16-8-5-2;1-3-9-15(10-4-2)18(16,17)13-7-5-12(11-14)6-8-13;1-4-7-10(8-5-2)9(11)6-3;/h1-2,9-11H,6-8H2,3H3;1-2,5-8H,9-11H2;1-2H,6-8H2,3H3;1H4. The molecule has 2 rings (SSSR count). The van der Waals surface area contributed by atoms with E-state index in [9.17, 15) is 13.2 Å². The van der Waals surface area contributed by atoms with Gasteiger partial charge in [-0.2, -0.15) is 4.31 Å². The fourth-order valence-electron chi connectivity index (χ4n) is 3.26. The number of sulfonamides is 1. The monoisotopic (exact) mass is 660 g/mol. The second kappa shape index (κ2) is 25.4. The molecule has 9 heteroatoms. The summed E-state index contributed by atoms with van der Waals surface area (Å²) in [5.74, 6) is 15.9. The highest BCUT2D eigenvalue weighted by Gasteiger charge is 2.22. The van der Waals surface area contributed by atoms with Crippen molar-refractivity contribution >= 4 is 27.5 Å². The van der Waals surface area contributed by atoms with Crippen molar-refractivity contribution in [1.82, 2.24) is 9.21 Å². The van der Waals surface area contributed by atoms with Gasteiger partial charge in [-0.05, 0) is 41.8 Å². The molecule has 0 heterocycles. The van der Waals surface area contributed by atoms with E-state index < -0.39 is 10.0 Å². The van der Waals surface area contributed by atoms with Gasteiger partial charge in [0, 0.05) is 18.4 Å². The molecular weight excluding hydrogens is 620 g/mol. The van der Waals surface area contributed by atoms with E-state index in [1.807, 2.05) is 12.1 Å². The zero-order chi connectivity index (χ0) is 34.1. The molecule has 7 nitrogen and oxygen atoms in total. The van der Waals surface area contributed by atoms with Crippen molar-refractivity contribution in [1.29, 1.82) is 0 Å². The lowest BCUT2D eigenvalue weighted by atomic mass is 10.1. The average molecular weight is 661 g/mol. The third kappa shape index (κ3) is 16.2. The van der Waals surface area contributed by atoms with Gasteiger partial charge < -0.3 is 14.4 Å². The number of alkyl halides is 1. The van der Waals surface area contributed by atoms with Gasteiger partial charge >= 0.3 is 0 Å². The van der Waals surface area contributed by atoms with Crippen molar-refractivity contribution < 1.29 is 22.7 Å². The molecule has 242 valence electrons. The summed E-state index contributed by atoms with van der Waals surface area (Å²) in [5.41, 5.74) is 1.97. The molecular formula is C37H41ClN2O5S. The van der Waals surface area contributed by atoms with Crippen LogP contribution in [0.4, 0.5) is 0 Å². The highest BCUT2D eigenvalue weighted by Crippen LogP contribution is 2.23. The van der Waals surface area contributed by atoms with Gasteiger partial charge in [-0.15, -0.1) is 50.1 Å². The van der Waals surface area contributed by atoms with Crippen LogP contribution in [0.5, 0.6) is 11.5 Å². The van der Waals surface area contributed by atoms with Crippen LogP contribution in [-0.4, -0.2) is 62.9 Å². The van der Waals surface area contributed by atoms with Gasteiger partial charge in [-0.3, -0.25) is 4.79 Å². The minimum absolute atomic E-state index is 0. The Balaban J connectivity index is 0. The molecule has 0 aliphatic rings. The normalized spacial score (nSPS) is 9.26. The number of aryl methyl sites for hydroxylation is 1. The van der Waals surface area contributed by atoms with Crippen molar-refractivity contribution in [3.05, 3.63) is 53.6 Å². The van der Waals surface area contributed by atoms with Crippen LogP contribution in [0.25, 0.3) is 0 Å². The first kappa shape index (κ1) is 43.2. The molecule has 0 saturated carbocycles. The van der Waals surface area contributed by atoms with Crippen LogP contribution in [0, 0.1) is 74.1 Å². The second-order valence-corrected chi connectivity index (χ2v) is 10.8. The summed E-state index contributed by atoms with van der Waals surface area (Å²) in [4.78, 5) is 12.7. The fourth-order valence-corrected chi connectivity index (χ4v) is 4.70. The van der Waals surface area contributed by atoms with Gasteiger partial charge in [0.1, 0.15) is 24.7 Å². The Morgan fingerprint density at radius 1 is 0.739 bits per heavy atom. The van der Waals surface area contributed by atoms with Crippen LogP contribution in [0.15, 0.2) is 47.4 Å². The van der Waals surface area contributed by atoms with Crippen molar-refractivity contribution in [2.75, 3.05) is 39.4 Å². The molecule has 1 amide bonds. The molecule has 0 aromatic heterocycles. The molecule has 0 fully saturated rings. The maximum Gasteiger partial charge on any atom is 0.244 e. The highest BCUT2D eigenvalue weighted by molar-refractivity contribution is 7.89. The number of ether oxygens (including phenoxy) is 2. The summed E-state index contributed by atoms with van der Waals surface area (Å²) >= 11 is 5.64. The topological polar surface area (TPSA) is 76.2 Å². The fraction of sp³-hybridized carbons (Fsp3) is 0.324. The number of benzene rings is 2. The van der Waals surface area contributed by atoms with Gasteiger partial charge in [0.15, 0.2) is 0 Å². The van der Waals surface area contributed by atoms with Crippen molar-refractivity contribution in [3.63, 3.8) is 0 Å². The summed E-state index contributed by atoms with van der Waals surface area (Å²) in [6.45, 7) is 4.85. The smallest absolute Gasteiger partial charge is 0.244 e. The number of hydrogen-bond donors (Lipinski definition) is 0. The third-order valence-electron chi connectivity index (χ3n) is 5.46. The highest BCUT2D eigenvalue weighted by atomic mass is 35.5. The van der Waals surface area contributed by atoms with Crippen LogP contribution in [0.1, 0.15) is 38.8 Å². The maximum absolute atomic E-state index is 12.2. The predicted octanol–water partition coefficient (Wildman–Crippen LogP) is 5.08. The summed E-state index contributed by atoms with van der Waals surface area (Å²) in [7, 11) is -3.65. The molecule has 0 spiro atoms. The van der Waals surface area contributed by atoms with Crippen LogP contribution < -0.4 is 9.47 Å². The Bertz CT molecular complexity index is 1510. The van der Waals surface area contributed by atoms with Crippen molar-refractivity contribution in [2.45, 2.75) is 44.9 Å². The molecule has 0 aliphatic carbocycles. The van der Waals surface area contributed by atoms with Gasteiger partial charge in [0.25, 0.3) is 0 Å². The van der Waals surface area contributed by atoms with Gasteiger partial charge in [-0.25, -0.2) is 8.42 Å². The molecule has 0 aliphatic heterocycles. The zero-order valence-electron chi connectivity index (χ0n) is 25.6. The van der Waals surface area contributed by atoms with Crippen molar-refractivity contribution in [2.24, 2.45) is 0 Å². The lowest BCUT2D eigenvalue weighted by Gasteiger charge is -2.17. The van der Waals surface area contributed by atoms with Crippen LogP contribution in [0.3, 0.4) is 0 Å². The Kier molecular flexibility index (Phi) is 23.9. The first-order valence-corrected chi connectivity index (χ1v) is 15.5. The molecule has 0 unspecified atom stereocenters. The Labute approximate surface area is 282 Å². The minimum Gasteiger partial charge on any atom is -0.481 e. The molecule has 0 bridgehead atoms. The summed E-state index contributed by atoms with van der Waals surface area (Å²) < 4.78 is 36.2. The van der Waals surface area contributed by atoms with E-state index in [1.54, 1.807) is 25.1 Å². The predicted molar refractivity (Wildman–Crippen MR) is 188 cm³/mol. The molecule has 0 N–H and O–H groups in total. The van der Waals surface area contributed by atoms with E-state index in [0.717, 1.165) is 21.9 Å². The quantitative estimate of drug-likeness (QED) is 0.221. The van der Waals surface area contributed by atoms with Crippen LogP contribution >= 0.6 is 11.6 Å². The maximum atomic E-state index is 12.2. The molecule has 2 aromatic rings. The van der Waals surface area contributed by atoms with Crippen LogP contribution in [0.2, 0.25) is 0 Å². The van der Waals surface area contributed by atoms with Crippen LogP contribution in [-0.2, 0) is 27.1 Å². The molecule has 2 aromatic carbocycles. The molecule has 0 atom stereocenters. The number of halogens is 1. The number of carbonyl (C=O) groups is 1. The van der Waals surface area contributed by atoms with Gasteiger partial charge in [-0.1, -0.05) is 68.9 Å². The Morgan fingerprint density at radius 2 is 1.20 bits per heavy atom. The Hall–Kier alpha value is -4.93. The lowest BCUT2D eigenvalue weighted by Crippen LogP contribution is -2.31. The van der Waals surface area contributed by atoms with Crippen molar-refractivity contribution in [3.8, 4) is 85.6 Å². The first-order valence-electron chi connectivity index (χ1n) is 13.5. The third-order valence-corrected chi connectivity index (χ3v) is 7.58. The van der Waals surface area contributed by atoms with Gasteiger partial charge in [0.05, 0.1) is 31.1 Å². The van der Waals surface area contributed by atoms with Gasteiger partial charge in [0.2, 0.25) is 15.9 Å². The summed E-state index contributed by atoms with van der Waals surface area (Å²) in [6.07, 6.45) is 32.0. The number of hydrogen-bond acceptors (Lipinski definition) is 5. The van der Waals surface area contributed by atoms with E-state index in [-0.39, 0.29) is 44.5 Å². The largest absolute Gasteiger partial charge is 0.481 e. The average Bonchev–Trinajstić information content (AvgIpc) is 3.06. The Morgan fingerprint density at radius 3 is 1.54 bits per heavy atom. The summed E-state index contributed by atoms with van der Waals surface area (Å²) in [5, 5.41) is 0. The number of amides is 1. The molecule has 46 heavy (non-hydrogen) atoms. The van der Waals surface area contributed by atoms with E-state index >= 15 is 0 Å². The molecule has 0 radical (unpaired) electrons. The number of carbonyl (C=O) groups excluding carboxylic acids is 1. The summed E-state index contributed by atoms with van der Waals surface area (Å²) in [6, 6.07) is 12.0. The number of nitrogens with zero attached hydrogens (tertiary/aromatic N) is 2. The lowest BCUT2D eigenvalue weighted by molar-refractivity contribution is -0.129. The van der Waals surface area contributed by atoms with E-state index in [1.165, 1.54) is 17.0 Å².